The van der Waals surface area contributed by atoms with E-state index >= 15 is 0 Å². The Morgan fingerprint density at radius 1 is 0.492 bits per heavy atom. The molecule has 0 unspecified atom stereocenters. The van der Waals surface area contributed by atoms with Gasteiger partial charge in [0.2, 0.25) is 0 Å². The van der Waals surface area contributed by atoms with Crippen LogP contribution in [-0.4, -0.2) is 14.1 Å². The number of fused-ring (bicyclic) bond motifs is 4. The molecule has 0 fully saturated rings. The fourth-order valence-electron chi connectivity index (χ4n) is 7.88. The minimum atomic E-state index is -0.559. The first-order valence-corrected chi connectivity index (χ1v) is 19.0. The van der Waals surface area contributed by atoms with Crippen LogP contribution in [0.15, 0.2) is 225 Å². The van der Waals surface area contributed by atoms with Gasteiger partial charge in [-0.15, -0.1) is 0 Å². The van der Waals surface area contributed by atoms with Crippen molar-refractivity contribution in [2.24, 2.45) is 0 Å². The van der Waals surface area contributed by atoms with Crippen molar-refractivity contribution >= 4 is 32.8 Å². The molecule has 8 aromatic carbocycles. The molecule has 0 bridgehead atoms. The zero-order valence-electron chi connectivity index (χ0n) is 41.3. The summed E-state index contributed by atoms with van der Waals surface area (Å²) < 4.78 is 99.4. The van der Waals surface area contributed by atoms with Crippen molar-refractivity contribution in [1.29, 1.82) is 0 Å². The van der Waals surface area contributed by atoms with Gasteiger partial charge in [0.05, 0.1) is 24.7 Å². The van der Waals surface area contributed by atoms with Crippen LogP contribution in [0.2, 0.25) is 0 Å². The van der Waals surface area contributed by atoms with Crippen molar-refractivity contribution in [3.05, 3.63) is 225 Å². The van der Waals surface area contributed by atoms with E-state index < -0.39 is 60.4 Å². The van der Waals surface area contributed by atoms with E-state index in [4.69, 9.17) is 23.4 Å². The Kier molecular flexibility index (Phi) is 6.21. The number of benzene rings is 8. The van der Waals surface area contributed by atoms with Crippen molar-refractivity contribution in [2.75, 3.05) is 0 Å². The van der Waals surface area contributed by atoms with Gasteiger partial charge in [-0.25, -0.2) is 4.98 Å². The summed E-state index contributed by atoms with van der Waals surface area (Å²) in [5.74, 6) is 1.88. The molecule has 0 atom stereocenters. The molecule has 0 radical (unpaired) electrons. The first-order chi connectivity index (χ1) is 33.4. The summed E-state index contributed by atoms with van der Waals surface area (Å²) in [5.41, 5.74) is 6.41. The van der Waals surface area contributed by atoms with Gasteiger partial charge in [-0.1, -0.05) is 145 Å². The second-order valence-corrected chi connectivity index (χ2v) is 13.9. The Bertz CT molecular complexity index is 3740. The SMILES string of the molecule is [2H]c1c([2H])c([2H])c(-c2cccc(-c3c([2H])c([2H])c([2H])c([2H])c3[2H])c2-[n+]2cn(-c3cccc(Oc4ccc5c6ccccc6n(-c6ccc(-c7ccccc7)cn6)c5c4)c3)c3ccccc32)c([2H])c1[2H]. The van der Waals surface area contributed by atoms with Gasteiger partial charge in [-0.3, -0.25) is 4.57 Å². The predicted octanol–water partition coefficient (Wildman–Crippen LogP) is 13.2. The van der Waals surface area contributed by atoms with Crippen LogP contribution in [0.5, 0.6) is 11.5 Å². The molecular formula is C54H37N4O+. The van der Waals surface area contributed by atoms with E-state index in [2.05, 4.69) is 34.9 Å². The van der Waals surface area contributed by atoms with Crippen LogP contribution in [0, 0.1) is 0 Å². The summed E-state index contributed by atoms with van der Waals surface area (Å²) in [6, 6.07) is 43.2. The summed E-state index contributed by atoms with van der Waals surface area (Å²) >= 11 is 0. The molecule has 59 heavy (non-hydrogen) atoms. The van der Waals surface area contributed by atoms with E-state index in [1.54, 1.807) is 29.1 Å². The van der Waals surface area contributed by atoms with E-state index in [0.29, 0.717) is 28.2 Å². The zero-order chi connectivity index (χ0) is 47.8. The number of nitrogens with zero attached hydrogens (tertiary/aromatic N) is 4. The predicted molar refractivity (Wildman–Crippen MR) is 240 cm³/mol. The monoisotopic (exact) mass is 767 g/mol. The largest absolute Gasteiger partial charge is 0.457 e. The Labute approximate surface area is 356 Å². The quantitative estimate of drug-likeness (QED) is 0.144. The molecule has 0 saturated heterocycles. The lowest BCUT2D eigenvalue weighted by atomic mass is 9.95. The molecule has 278 valence electrons. The molecule has 11 aromatic rings. The molecule has 0 aliphatic carbocycles. The summed E-state index contributed by atoms with van der Waals surface area (Å²) in [6.45, 7) is 0. The molecule has 0 N–H and O–H groups in total. The van der Waals surface area contributed by atoms with Gasteiger partial charge in [-0.2, -0.15) is 9.13 Å². The second kappa shape index (κ2) is 14.5. The highest BCUT2D eigenvalue weighted by atomic mass is 16.5. The Morgan fingerprint density at radius 3 is 1.90 bits per heavy atom. The first-order valence-electron chi connectivity index (χ1n) is 24.0. The van der Waals surface area contributed by atoms with Crippen LogP contribution >= 0.6 is 0 Å². The van der Waals surface area contributed by atoms with Gasteiger partial charge in [-0.05, 0) is 71.3 Å². The third-order valence-electron chi connectivity index (χ3n) is 10.5. The summed E-state index contributed by atoms with van der Waals surface area (Å²) in [5, 5.41) is 2.11. The Balaban J connectivity index is 1.06. The topological polar surface area (TPSA) is 35.9 Å². The zero-order valence-corrected chi connectivity index (χ0v) is 31.3. The van der Waals surface area contributed by atoms with Gasteiger partial charge in [0.15, 0.2) is 11.0 Å². The third kappa shape index (κ3) is 6.13. The molecular weight excluding hydrogens is 721 g/mol. The molecule has 0 amide bonds. The van der Waals surface area contributed by atoms with E-state index in [0.717, 1.165) is 38.8 Å². The van der Waals surface area contributed by atoms with Crippen molar-refractivity contribution in [3.63, 3.8) is 0 Å². The second-order valence-electron chi connectivity index (χ2n) is 13.9. The van der Waals surface area contributed by atoms with Gasteiger partial charge >= 0.3 is 0 Å². The highest BCUT2D eigenvalue weighted by Crippen LogP contribution is 2.37. The number of para-hydroxylation sites is 4. The summed E-state index contributed by atoms with van der Waals surface area (Å²) in [6.07, 6.45) is 3.66. The van der Waals surface area contributed by atoms with Crippen molar-refractivity contribution in [2.45, 2.75) is 0 Å². The smallest absolute Gasteiger partial charge is 0.255 e. The average Bonchev–Trinajstić information content (AvgIpc) is 3.93. The number of aromatic nitrogens is 4. The van der Waals surface area contributed by atoms with Crippen LogP contribution in [0.4, 0.5) is 0 Å². The fraction of sp³-hybridized carbons (Fsp3) is 0. The van der Waals surface area contributed by atoms with Crippen LogP contribution in [0.25, 0.3) is 83.4 Å². The highest BCUT2D eigenvalue weighted by molar-refractivity contribution is 6.09. The van der Waals surface area contributed by atoms with E-state index in [1.165, 1.54) is 0 Å². The molecule has 11 rings (SSSR count). The molecule has 3 aromatic heterocycles. The highest BCUT2D eigenvalue weighted by Gasteiger charge is 2.25. The lowest BCUT2D eigenvalue weighted by Crippen LogP contribution is -2.30. The number of hydrogen-bond acceptors (Lipinski definition) is 2. The van der Waals surface area contributed by atoms with Crippen LogP contribution in [-0.2, 0) is 0 Å². The number of ether oxygens (including phenoxy) is 1. The maximum Gasteiger partial charge on any atom is 0.255 e. The van der Waals surface area contributed by atoms with Gasteiger partial charge in [0, 0.05) is 45.8 Å². The Hall–Kier alpha value is -8.02. The lowest BCUT2D eigenvalue weighted by molar-refractivity contribution is -0.566. The van der Waals surface area contributed by atoms with Crippen LogP contribution < -0.4 is 9.30 Å². The average molecular weight is 768 g/mol. The van der Waals surface area contributed by atoms with Crippen molar-refractivity contribution in [1.82, 2.24) is 14.1 Å². The van der Waals surface area contributed by atoms with E-state index in [1.807, 2.05) is 114 Å². The number of imidazole rings is 1. The van der Waals surface area contributed by atoms with Crippen molar-refractivity contribution in [3.8, 4) is 62.1 Å². The van der Waals surface area contributed by atoms with Gasteiger partial charge in [0.1, 0.15) is 28.7 Å². The standard InChI is InChI=1S/C54H37N4O/c1-4-16-38(17-5-1)41-30-33-53(55-36-41)58-49-27-11-10-24-47(49)48-32-31-44(35-52(48)58)59-43-23-14-22-42(34-43)56-37-57(51-29-13-12-28-50(51)56)54-45(39-18-6-2-7-19-39)25-15-26-46(54)40-20-8-3-9-21-40/h1-37H/q+1/i2D,3D,6D,7D,8D,9D,18D,19D,20D,21D. The minimum Gasteiger partial charge on any atom is -0.457 e. The molecule has 0 aliphatic heterocycles. The molecule has 0 aliphatic rings. The molecule has 5 nitrogen and oxygen atoms in total. The van der Waals surface area contributed by atoms with E-state index in [9.17, 15) is 0 Å². The first kappa shape index (κ1) is 25.3. The molecule has 0 saturated carbocycles. The third-order valence-corrected chi connectivity index (χ3v) is 10.5. The maximum absolute atomic E-state index is 9.01. The number of hydrogen-bond donors (Lipinski definition) is 0. The Morgan fingerprint density at radius 2 is 1.15 bits per heavy atom. The number of pyridine rings is 1. The van der Waals surface area contributed by atoms with Crippen molar-refractivity contribution < 1.29 is 23.0 Å². The minimum absolute atomic E-state index is 0.110. The maximum atomic E-state index is 9.01. The van der Waals surface area contributed by atoms with Gasteiger partial charge < -0.3 is 4.74 Å². The van der Waals surface area contributed by atoms with Crippen LogP contribution in [0.3, 0.4) is 0 Å². The summed E-state index contributed by atoms with van der Waals surface area (Å²) in [4.78, 5) is 4.92. The molecule has 3 heterocycles. The lowest BCUT2D eigenvalue weighted by Gasteiger charge is -2.13. The normalized spacial score (nSPS) is 13.8. The molecule has 0 spiro atoms. The number of rotatable bonds is 8. The van der Waals surface area contributed by atoms with Crippen LogP contribution in [0.1, 0.15) is 13.7 Å². The molecule has 5 heteroatoms. The van der Waals surface area contributed by atoms with E-state index in [-0.39, 0.29) is 27.9 Å². The van der Waals surface area contributed by atoms with Gasteiger partial charge in [0.25, 0.3) is 6.33 Å². The summed E-state index contributed by atoms with van der Waals surface area (Å²) in [7, 11) is 0. The fourth-order valence-corrected chi connectivity index (χ4v) is 7.88.